The molecular formula is C11H19NO3. The fourth-order valence-corrected chi connectivity index (χ4v) is 2.74. The lowest BCUT2D eigenvalue weighted by molar-refractivity contribution is -0.146. The molecule has 0 amide bonds. The highest BCUT2D eigenvalue weighted by molar-refractivity contribution is 5.78. The number of carbonyl (C=O) groups is 1. The lowest BCUT2D eigenvalue weighted by Crippen LogP contribution is -2.53. The molecule has 15 heavy (non-hydrogen) atoms. The summed E-state index contributed by atoms with van der Waals surface area (Å²) in [7, 11) is 0. The first-order valence-electron chi connectivity index (χ1n) is 5.67. The van der Waals surface area contributed by atoms with Crippen LogP contribution in [0.15, 0.2) is 0 Å². The standard InChI is InChI=1S/C11H19NO3/c12-11(9(13)14)3-1-10(2-4-11)5-7-15-8-6-10/h1-8,12H2,(H,13,14). The summed E-state index contributed by atoms with van der Waals surface area (Å²) in [5.74, 6) is -0.843. The molecular weight excluding hydrogens is 194 g/mol. The minimum atomic E-state index is -0.969. The number of ether oxygens (including phenoxy) is 1. The van der Waals surface area contributed by atoms with Gasteiger partial charge >= 0.3 is 5.97 Å². The van der Waals surface area contributed by atoms with Crippen molar-refractivity contribution < 1.29 is 14.6 Å². The van der Waals surface area contributed by atoms with E-state index in [0.717, 1.165) is 38.9 Å². The zero-order valence-corrected chi connectivity index (χ0v) is 9.00. The Kier molecular flexibility index (Phi) is 2.73. The molecule has 86 valence electrons. The summed E-state index contributed by atoms with van der Waals surface area (Å²) in [6.45, 7) is 1.65. The van der Waals surface area contributed by atoms with Gasteiger partial charge in [-0.15, -0.1) is 0 Å². The fourth-order valence-electron chi connectivity index (χ4n) is 2.74. The van der Waals surface area contributed by atoms with Crippen LogP contribution in [0.4, 0.5) is 0 Å². The second-order valence-corrected chi connectivity index (χ2v) is 5.07. The van der Waals surface area contributed by atoms with Crippen molar-refractivity contribution in [3.05, 3.63) is 0 Å². The van der Waals surface area contributed by atoms with Gasteiger partial charge in [0.15, 0.2) is 0 Å². The molecule has 0 atom stereocenters. The fraction of sp³-hybridized carbons (Fsp3) is 0.909. The minimum absolute atomic E-state index is 0.330. The Morgan fingerprint density at radius 3 is 2.07 bits per heavy atom. The quantitative estimate of drug-likeness (QED) is 0.685. The van der Waals surface area contributed by atoms with Crippen molar-refractivity contribution in [1.29, 1.82) is 0 Å². The molecule has 4 heteroatoms. The minimum Gasteiger partial charge on any atom is -0.480 e. The van der Waals surface area contributed by atoms with Crippen molar-refractivity contribution in [2.24, 2.45) is 11.1 Å². The topological polar surface area (TPSA) is 72.6 Å². The first-order valence-corrected chi connectivity index (χ1v) is 5.67. The van der Waals surface area contributed by atoms with E-state index in [4.69, 9.17) is 15.6 Å². The Balaban J connectivity index is 1.99. The van der Waals surface area contributed by atoms with Gasteiger partial charge in [-0.2, -0.15) is 0 Å². The van der Waals surface area contributed by atoms with Crippen LogP contribution in [0.2, 0.25) is 0 Å². The molecule has 0 aromatic heterocycles. The summed E-state index contributed by atoms with van der Waals surface area (Å²) < 4.78 is 5.35. The van der Waals surface area contributed by atoms with Crippen LogP contribution in [0.3, 0.4) is 0 Å². The lowest BCUT2D eigenvalue weighted by atomic mass is 9.64. The van der Waals surface area contributed by atoms with E-state index in [0.29, 0.717) is 18.3 Å². The SMILES string of the molecule is NC1(C(=O)O)CCC2(CCOCC2)CC1. The molecule has 1 aliphatic carbocycles. The van der Waals surface area contributed by atoms with Gasteiger partial charge in [-0.25, -0.2) is 0 Å². The molecule has 0 aromatic carbocycles. The van der Waals surface area contributed by atoms with Gasteiger partial charge < -0.3 is 15.6 Å². The Labute approximate surface area is 89.8 Å². The predicted molar refractivity (Wildman–Crippen MR) is 55.5 cm³/mol. The molecule has 1 saturated heterocycles. The summed E-state index contributed by atoms with van der Waals surface area (Å²) >= 11 is 0. The van der Waals surface area contributed by atoms with Crippen LogP contribution in [0.25, 0.3) is 0 Å². The smallest absolute Gasteiger partial charge is 0.323 e. The van der Waals surface area contributed by atoms with Crippen LogP contribution in [0, 0.1) is 5.41 Å². The Hall–Kier alpha value is -0.610. The van der Waals surface area contributed by atoms with E-state index < -0.39 is 11.5 Å². The van der Waals surface area contributed by atoms with Crippen LogP contribution in [-0.2, 0) is 9.53 Å². The molecule has 2 aliphatic rings. The number of rotatable bonds is 1. The molecule has 1 spiro atoms. The van der Waals surface area contributed by atoms with E-state index in [1.807, 2.05) is 0 Å². The number of aliphatic carboxylic acids is 1. The van der Waals surface area contributed by atoms with E-state index in [-0.39, 0.29) is 0 Å². The Morgan fingerprint density at radius 2 is 1.60 bits per heavy atom. The highest BCUT2D eigenvalue weighted by atomic mass is 16.5. The number of hydrogen-bond donors (Lipinski definition) is 2. The molecule has 4 nitrogen and oxygen atoms in total. The summed E-state index contributed by atoms with van der Waals surface area (Å²) in [6, 6.07) is 0. The monoisotopic (exact) mass is 213 g/mol. The summed E-state index contributed by atoms with van der Waals surface area (Å²) in [6.07, 6.45) is 5.26. The van der Waals surface area contributed by atoms with Gasteiger partial charge in [-0.3, -0.25) is 4.79 Å². The average molecular weight is 213 g/mol. The number of hydrogen-bond acceptors (Lipinski definition) is 3. The summed E-state index contributed by atoms with van der Waals surface area (Å²) in [5.41, 5.74) is 5.22. The largest absolute Gasteiger partial charge is 0.480 e. The second-order valence-electron chi connectivity index (χ2n) is 5.07. The molecule has 1 aliphatic heterocycles. The van der Waals surface area contributed by atoms with Gasteiger partial charge in [-0.05, 0) is 43.9 Å². The second kappa shape index (κ2) is 3.76. The molecule has 2 fully saturated rings. The van der Waals surface area contributed by atoms with E-state index in [1.165, 1.54) is 0 Å². The molecule has 1 heterocycles. The van der Waals surface area contributed by atoms with E-state index in [1.54, 1.807) is 0 Å². The van der Waals surface area contributed by atoms with Crippen molar-refractivity contribution in [3.8, 4) is 0 Å². The molecule has 0 aromatic rings. The molecule has 1 saturated carbocycles. The van der Waals surface area contributed by atoms with E-state index >= 15 is 0 Å². The Bertz CT molecular complexity index is 249. The molecule has 2 rings (SSSR count). The van der Waals surface area contributed by atoms with E-state index in [9.17, 15) is 4.79 Å². The number of carboxylic acids is 1. The van der Waals surface area contributed by atoms with Crippen LogP contribution in [0.1, 0.15) is 38.5 Å². The molecule has 0 radical (unpaired) electrons. The number of nitrogens with two attached hydrogens (primary N) is 1. The van der Waals surface area contributed by atoms with Crippen molar-refractivity contribution in [2.75, 3.05) is 13.2 Å². The third-order valence-corrected chi connectivity index (χ3v) is 4.18. The van der Waals surface area contributed by atoms with Crippen LogP contribution in [-0.4, -0.2) is 29.8 Å². The predicted octanol–water partition coefficient (Wildman–Crippen LogP) is 1.14. The van der Waals surface area contributed by atoms with E-state index in [2.05, 4.69) is 0 Å². The van der Waals surface area contributed by atoms with Crippen LogP contribution < -0.4 is 5.73 Å². The highest BCUT2D eigenvalue weighted by Gasteiger charge is 2.45. The van der Waals surface area contributed by atoms with Gasteiger partial charge in [0.05, 0.1) is 0 Å². The van der Waals surface area contributed by atoms with Crippen molar-refractivity contribution >= 4 is 5.97 Å². The number of carboxylic acid groups (broad SMARTS) is 1. The third-order valence-electron chi connectivity index (χ3n) is 4.18. The van der Waals surface area contributed by atoms with Gasteiger partial charge in [0.1, 0.15) is 5.54 Å². The van der Waals surface area contributed by atoms with Crippen LogP contribution >= 0.6 is 0 Å². The van der Waals surface area contributed by atoms with Crippen molar-refractivity contribution in [2.45, 2.75) is 44.1 Å². The zero-order chi connectivity index (χ0) is 10.9. The maximum atomic E-state index is 11.0. The van der Waals surface area contributed by atoms with Crippen molar-refractivity contribution in [3.63, 3.8) is 0 Å². The van der Waals surface area contributed by atoms with Gasteiger partial charge in [0.25, 0.3) is 0 Å². The van der Waals surface area contributed by atoms with Crippen LogP contribution in [0.5, 0.6) is 0 Å². The summed E-state index contributed by atoms with van der Waals surface area (Å²) in [5, 5.41) is 9.03. The lowest BCUT2D eigenvalue weighted by Gasteiger charge is -2.45. The maximum absolute atomic E-state index is 11.0. The first kappa shape index (κ1) is 10.9. The van der Waals surface area contributed by atoms with Gasteiger partial charge in [-0.1, -0.05) is 0 Å². The summed E-state index contributed by atoms with van der Waals surface area (Å²) in [4.78, 5) is 11.0. The molecule has 0 unspecified atom stereocenters. The highest BCUT2D eigenvalue weighted by Crippen LogP contribution is 2.46. The zero-order valence-electron chi connectivity index (χ0n) is 9.00. The third kappa shape index (κ3) is 2.01. The maximum Gasteiger partial charge on any atom is 0.323 e. The molecule has 3 N–H and O–H groups in total. The first-order chi connectivity index (χ1) is 7.06. The average Bonchev–Trinajstić information content (AvgIpc) is 2.24. The normalized spacial score (nSPS) is 28.9. The van der Waals surface area contributed by atoms with Gasteiger partial charge in [0.2, 0.25) is 0 Å². The molecule has 0 bridgehead atoms. The Morgan fingerprint density at radius 1 is 1.07 bits per heavy atom. The van der Waals surface area contributed by atoms with Crippen molar-refractivity contribution in [1.82, 2.24) is 0 Å². The van der Waals surface area contributed by atoms with Gasteiger partial charge in [0, 0.05) is 13.2 Å².